The molecule has 0 saturated carbocycles. The fraction of sp³-hybridized carbons (Fsp3) is 0.250. The highest BCUT2D eigenvalue weighted by Crippen LogP contribution is 2.13. The van der Waals surface area contributed by atoms with Crippen molar-refractivity contribution < 1.29 is 24.2 Å². The van der Waals surface area contributed by atoms with Gasteiger partial charge in [0.25, 0.3) is 0 Å². The molecule has 1 aromatic carbocycles. The molecule has 9 heteroatoms. The van der Waals surface area contributed by atoms with Crippen molar-refractivity contribution in [3.8, 4) is 5.75 Å². The van der Waals surface area contributed by atoms with Crippen LogP contribution in [0.2, 0.25) is 0 Å². The summed E-state index contributed by atoms with van der Waals surface area (Å²) in [5, 5.41) is 11.1. The normalized spacial score (nSPS) is 11.3. The highest BCUT2D eigenvalue weighted by atomic mass is 32.1. The Morgan fingerprint density at radius 2 is 1.90 bits per heavy atom. The van der Waals surface area contributed by atoms with Gasteiger partial charge >= 0.3 is 12.1 Å². The number of carboxylic acids is 1. The molecular formula is C12H15N3O5S. The van der Waals surface area contributed by atoms with Crippen molar-refractivity contribution in [2.45, 2.75) is 18.9 Å². The minimum atomic E-state index is -1.27. The molecule has 0 spiro atoms. The van der Waals surface area contributed by atoms with Crippen molar-refractivity contribution in [3.05, 3.63) is 24.3 Å². The number of thiol groups is 1. The van der Waals surface area contributed by atoms with Crippen molar-refractivity contribution in [1.29, 1.82) is 0 Å². The molecule has 1 atom stereocenters. The monoisotopic (exact) mass is 313 g/mol. The quantitative estimate of drug-likeness (QED) is 0.385. The summed E-state index contributed by atoms with van der Waals surface area (Å²) in [6, 6.07) is 4.78. The molecule has 0 fully saturated rings. The predicted molar refractivity (Wildman–Crippen MR) is 77.8 cm³/mol. The minimum Gasteiger partial charge on any atom is -0.480 e. The molecule has 114 valence electrons. The van der Waals surface area contributed by atoms with E-state index < -0.39 is 24.0 Å². The van der Waals surface area contributed by atoms with E-state index in [1.54, 1.807) is 0 Å². The van der Waals surface area contributed by atoms with E-state index >= 15 is 0 Å². The number of nitrogens with one attached hydrogen (secondary N) is 2. The molecule has 0 aliphatic carbocycles. The summed E-state index contributed by atoms with van der Waals surface area (Å²) in [4.78, 5) is 33.6. The maximum atomic E-state index is 11.6. The van der Waals surface area contributed by atoms with Gasteiger partial charge in [-0.15, -0.1) is 0 Å². The summed E-state index contributed by atoms with van der Waals surface area (Å²) in [5.74, 6) is -1.49. The summed E-state index contributed by atoms with van der Waals surface area (Å²) in [6.07, 6.45) is -1.11. The van der Waals surface area contributed by atoms with Gasteiger partial charge < -0.3 is 25.6 Å². The number of carboxylic acid groups (broad SMARTS) is 1. The molecule has 0 saturated heterocycles. The Kier molecular flexibility index (Phi) is 6.34. The highest BCUT2D eigenvalue weighted by Gasteiger charge is 2.21. The number of rotatable bonds is 6. The second kappa shape index (κ2) is 8.00. The lowest BCUT2D eigenvalue weighted by atomic mass is 10.1. The third-order valence-corrected chi connectivity index (χ3v) is 2.72. The average Bonchev–Trinajstić information content (AvgIpc) is 2.45. The molecule has 21 heavy (non-hydrogen) atoms. The Balaban J connectivity index is 2.54. The van der Waals surface area contributed by atoms with Crippen LogP contribution in [0.5, 0.6) is 5.75 Å². The lowest BCUT2D eigenvalue weighted by Gasteiger charge is -2.14. The number of aliphatic carboxylic acids is 1. The molecule has 0 radical (unpaired) electrons. The maximum absolute atomic E-state index is 11.6. The molecule has 5 N–H and O–H groups in total. The standard InChI is InChI=1S/C12H15N3O5S/c13-7-1-3-8(4-2-7)20-12(19)14-9(11(17)18)5-6-10(16)15-21/h1-4,9,21H,5-6,13H2,(H,14,19)(H,15,16)(H,17,18). The van der Waals surface area contributed by atoms with Gasteiger partial charge in [0, 0.05) is 12.1 Å². The number of amides is 2. The number of anilines is 1. The molecule has 1 rings (SSSR count). The van der Waals surface area contributed by atoms with Gasteiger partial charge in [-0.05, 0) is 30.7 Å². The Labute approximate surface area is 126 Å². The first-order valence-corrected chi connectivity index (χ1v) is 6.36. The molecule has 1 unspecified atom stereocenters. The van der Waals surface area contributed by atoms with Crippen LogP contribution in [0.15, 0.2) is 24.3 Å². The molecule has 8 nitrogen and oxygen atoms in total. The van der Waals surface area contributed by atoms with E-state index in [1.165, 1.54) is 24.3 Å². The van der Waals surface area contributed by atoms with E-state index in [9.17, 15) is 14.4 Å². The van der Waals surface area contributed by atoms with Crippen LogP contribution in [0.3, 0.4) is 0 Å². The van der Waals surface area contributed by atoms with Crippen LogP contribution in [0.4, 0.5) is 10.5 Å². The number of ether oxygens (including phenoxy) is 1. The van der Waals surface area contributed by atoms with Crippen LogP contribution in [-0.2, 0) is 9.59 Å². The minimum absolute atomic E-state index is 0.0848. The molecule has 0 bridgehead atoms. The van der Waals surface area contributed by atoms with E-state index in [-0.39, 0.29) is 18.6 Å². The lowest BCUT2D eigenvalue weighted by Crippen LogP contribution is -2.42. The van der Waals surface area contributed by atoms with Crippen LogP contribution in [0.1, 0.15) is 12.8 Å². The summed E-state index contributed by atoms with van der Waals surface area (Å²) in [6.45, 7) is 0. The van der Waals surface area contributed by atoms with Crippen LogP contribution in [0.25, 0.3) is 0 Å². The zero-order valence-electron chi connectivity index (χ0n) is 10.9. The number of benzene rings is 1. The molecule has 1 aromatic rings. The molecule has 2 amide bonds. The number of hydrogen-bond acceptors (Lipinski definition) is 6. The van der Waals surface area contributed by atoms with Crippen molar-refractivity contribution in [2.75, 3.05) is 5.73 Å². The largest absolute Gasteiger partial charge is 0.480 e. The maximum Gasteiger partial charge on any atom is 0.413 e. The Bertz CT molecular complexity index is 520. The first-order chi connectivity index (χ1) is 9.92. The van der Waals surface area contributed by atoms with Gasteiger partial charge in [-0.3, -0.25) is 4.79 Å². The fourth-order valence-electron chi connectivity index (χ4n) is 1.40. The van der Waals surface area contributed by atoms with Crippen molar-refractivity contribution in [2.24, 2.45) is 0 Å². The lowest BCUT2D eigenvalue weighted by molar-refractivity contribution is -0.139. The third kappa shape index (κ3) is 6.04. The Morgan fingerprint density at radius 1 is 1.29 bits per heavy atom. The second-order valence-corrected chi connectivity index (χ2v) is 4.29. The highest BCUT2D eigenvalue weighted by molar-refractivity contribution is 7.78. The number of carbonyl (C=O) groups is 3. The summed E-state index contributed by atoms with van der Waals surface area (Å²) < 4.78 is 6.96. The van der Waals surface area contributed by atoms with E-state index in [4.69, 9.17) is 15.6 Å². The first-order valence-electron chi connectivity index (χ1n) is 5.92. The Hall–Kier alpha value is -2.42. The molecule has 0 aliphatic heterocycles. The SMILES string of the molecule is Nc1ccc(OC(=O)NC(CCC(=O)NS)C(=O)O)cc1. The van der Waals surface area contributed by atoms with Crippen LogP contribution < -0.4 is 20.5 Å². The van der Waals surface area contributed by atoms with Crippen LogP contribution >= 0.6 is 12.8 Å². The van der Waals surface area contributed by atoms with Gasteiger partial charge in [0.15, 0.2) is 0 Å². The summed E-state index contributed by atoms with van der Waals surface area (Å²) >= 11 is 3.54. The fourth-order valence-corrected chi connectivity index (χ4v) is 1.52. The summed E-state index contributed by atoms with van der Waals surface area (Å²) in [5.41, 5.74) is 5.98. The number of nitrogen functional groups attached to an aromatic ring is 1. The Morgan fingerprint density at radius 3 is 2.43 bits per heavy atom. The molecule has 0 aromatic heterocycles. The smallest absolute Gasteiger partial charge is 0.413 e. The van der Waals surface area contributed by atoms with E-state index in [0.717, 1.165) is 0 Å². The van der Waals surface area contributed by atoms with Gasteiger partial charge in [-0.1, -0.05) is 12.8 Å². The topological polar surface area (TPSA) is 131 Å². The number of carbonyl (C=O) groups excluding carboxylic acids is 2. The van der Waals surface area contributed by atoms with Crippen molar-refractivity contribution >= 4 is 36.5 Å². The van der Waals surface area contributed by atoms with E-state index in [1.807, 2.05) is 0 Å². The van der Waals surface area contributed by atoms with Gasteiger partial charge in [0.2, 0.25) is 5.91 Å². The molecule has 0 heterocycles. The van der Waals surface area contributed by atoms with Crippen LogP contribution in [-0.4, -0.2) is 29.1 Å². The van der Waals surface area contributed by atoms with Crippen LogP contribution in [0, 0.1) is 0 Å². The van der Waals surface area contributed by atoms with Gasteiger partial charge in [-0.25, -0.2) is 9.59 Å². The predicted octanol–water partition coefficient (Wildman–Crippen LogP) is 0.552. The van der Waals surface area contributed by atoms with Gasteiger partial charge in [-0.2, -0.15) is 0 Å². The first kappa shape index (κ1) is 16.6. The van der Waals surface area contributed by atoms with Crippen molar-refractivity contribution in [3.63, 3.8) is 0 Å². The zero-order valence-corrected chi connectivity index (χ0v) is 11.8. The third-order valence-electron chi connectivity index (χ3n) is 2.47. The molecule has 0 aliphatic rings. The zero-order chi connectivity index (χ0) is 15.8. The average molecular weight is 313 g/mol. The number of nitrogens with two attached hydrogens (primary N) is 1. The molecular weight excluding hydrogens is 298 g/mol. The van der Waals surface area contributed by atoms with E-state index in [2.05, 4.69) is 22.9 Å². The van der Waals surface area contributed by atoms with Gasteiger partial charge in [0.1, 0.15) is 11.8 Å². The number of hydrogen-bond donors (Lipinski definition) is 5. The van der Waals surface area contributed by atoms with E-state index in [0.29, 0.717) is 5.69 Å². The van der Waals surface area contributed by atoms with Gasteiger partial charge in [0.05, 0.1) is 0 Å². The second-order valence-electron chi connectivity index (χ2n) is 4.07. The summed E-state index contributed by atoms with van der Waals surface area (Å²) in [7, 11) is 0. The van der Waals surface area contributed by atoms with Crippen molar-refractivity contribution in [1.82, 2.24) is 10.0 Å².